The Kier molecular flexibility index (Phi) is 4.42. The smallest absolute Gasteiger partial charge is 0.311 e. The molecule has 6 heteroatoms. The van der Waals surface area contributed by atoms with Crippen LogP contribution in [0.2, 0.25) is 0 Å². The number of piperidine rings is 1. The third-order valence-electron chi connectivity index (χ3n) is 3.59. The maximum atomic E-state index is 11.4. The number of aromatic nitrogens is 2. The van der Waals surface area contributed by atoms with Crippen molar-refractivity contribution in [2.75, 3.05) is 24.6 Å². The van der Waals surface area contributed by atoms with Crippen molar-refractivity contribution in [2.45, 2.75) is 33.1 Å². The average Bonchev–Trinajstić information content (AvgIpc) is 2.45. The zero-order valence-electron chi connectivity index (χ0n) is 12.0. The van der Waals surface area contributed by atoms with Crippen molar-refractivity contribution >= 4 is 11.8 Å². The Morgan fingerprint density at radius 1 is 1.55 bits per heavy atom. The van der Waals surface area contributed by atoms with Crippen LogP contribution in [0, 0.1) is 5.41 Å². The Bertz CT molecular complexity index is 480. The number of anilines is 1. The summed E-state index contributed by atoms with van der Waals surface area (Å²) < 4.78 is 5.47. The zero-order chi connectivity index (χ0) is 14.6. The van der Waals surface area contributed by atoms with Gasteiger partial charge in [-0.15, -0.1) is 0 Å². The molecule has 0 spiro atoms. The van der Waals surface area contributed by atoms with Crippen molar-refractivity contribution in [3.05, 3.63) is 12.4 Å². The third kappa shape index (κ3) is 3.18. The van der Waals surface area contributed by atoms with E-state index in [1.807, 2.05) is 11.8 Å². The van der Waals surface area contributed by atoms with E-state index in [4.69, 9.17) is 4.74 Å². The Hall–Kier alpha value is -1.85. The normalized spacial score (nSPS) is 22.6. The second kappa shape index (κ2) is 6.07. The molecule has 110 valence electrons. The lowest BCUT2D eigenvalue weighted by Crippen LogP contribution is -2.46. The van der Waals surface area contributed by atoms with Crippen LogP contribution in [0.4, 0.5) is 5.82 Å². The van der Waals surface area contributed by atoms with E-state index in [0.29, 0.717) is 31.3 Å². The summed E-state index contributed by atoms with van der Waals surface area (Å²) in [4.78, 5) is 21.9. The number of aliphatic carboxylic acids is 1. The van der Waals surface area contributed by atoms with Crippen LogP contribution >= 0.6 is 0 Å². The third-order valence-corrected chi connectivity index (χ3v) is 3.59. The molecule has 2 heterocycles. The molecule has 1 aromatic heterocycles. The Balaban J connectivity index is 2.12. The number of rotatable bonds is 5. The molecule has 1 atom stereocenters. The van der Waals surface area contributed by atoms with Crippen molar-refractivity contribution < 1.29 is 14.6 Å². The number of carbonyl (C=O) groups is 1. The van der Waals surface area contributed by atoms with Crippen molar-refractivity contribution in [3.63, 3.8) is 0 Å². The molecule has 1 fully saturated rings. The summed E-state index contributed by atoms with van der Waals surface area (Å²) in [6.07, 6.45) is 5.68. The second-order valence-corrected chi connectivity index (χ2v) is 5.45. The van der Waals surface area contributed by atoms with Crippen LogP contribution in [0.25, 0.3) is 0 Å². The minimum Gasteiger partial charge on any atom is -0.481 e. The van der Waals surface area contributed by atoms with E-state index in [1.54, 1.807) is 19.3 Å². The van der Waals surface area contributed by atoms with Gasteiger partial charge < -0.3 is 14.7 Å². The highest BCUT2D eigenvalue weighted by molar-refractivity contribution is 5.75. The lowest BCUT2D eigenvalue weighted by atomic mass is 9.82. The summed E-state index contributed by atoms with van der Waals surface area (Å²) in [5.41, 5.74) is -0.722. The Labute approximate surface area is 118 Å². The van der Waals surface area contributed by atoms with E-state index in [9.17, 15) is 9.90 Å². The number of ether oxygens (including phenoxy) is 1. The van der Waals surface area contributed by atoms with Gasteiger partial charge in [-0.25, -0.2) is 0 Å². The van der Waals surface area contributed by atoms with Crippen LogP contribution in [0.5, 0.6) is 5.88 Å². The minimum atomic E-state index is -0.756. The molecule has 0 aromatic carbocycles. The zero-order valence-corrected chi connectivity index (χ0v) is 12.0. The quantitative estimate of drug-likeness (QED) is 0.888. The van der Waals surface area contributed by atoms with Crippen LogP contribution in [-0.4, -0.2) is 40.7 Å². The van der Waals surface area contributed by atoms with E-state index in [1.165, 1.54) is 0 Å². The molecular weight excluding hydrogens is 258 g/mol. The molecule has 1 aliphatic heterocycles. The number of carboxylic acid groups (broad SMARTS) is 1. The lowest BCUT2D eigenvalue weighted by Gasteiger charge is -2.38. The molecule has 20 heavy (non-hydrogen) atoms. The Morgan fingerprint density at radius 2 is 2.35 bits per heavy atom. The molecule has 1 aromatic rings. The maximum absolute atomic E-state index is 11.4. The fourth-order valence-corrected chi connectivity index (χ4v) is 2.38. The molecule has 1 unspecified atom stereocenters. The van der Waals surface area contributed by atoms with Crippen LogP contribution in [0.15, 0.2) is 12.4 Å². The van der Waals surface area contributed by atoms with Crippen LogP contribution in [-0.2, 0) is 4.79 Å². The summed E-state index contributed by atoms with van der Waals surface area (Å²) in [5.74, 6) is 0.422. The largest absolute Gasteiger partial charge is 0.481 e. The second-order valence-electron chi connectivity index (χ2n) is 5.45. The van der Waals surface area contributed by atoms with Gasteiger partial charge in [-0.1, -0.05) is 6.92 Å². The number of hydrogen-bond acceptors (Lipinski definition) is 5. The molecule has 1 aliphatic rings. The van der Waals surface area contributed by atoms with E-state index in [0.717, 1.165) is 19.4 Å². The highest BCUT2D eigenvalue weighted by Crippen LogP contribution is 2.32. The molecular formula is C14H21N3O3. The van der Waals surface area contributed by atoms with E-state index in [-0.39, 0.29) is 0 Å². The first-order chi connectivity index (χ1) is 9.55. The fraction of sp³-hybridized carbons (Fsp3) is 0.643. The fourth-order valence-electron chi connectivity index (χ4n) is 2.38. The predicted octanol–water partition coefficient (Wildman–Crippen LogP) is 1.96. The van der Waals surface area contributed by atoms with Gasteiger partial charge in [0.25, 0.3) is 0 Å². The van der Waals surface area contributed by atoms with Crippen molar-refractivity contribution in [2.24, 2.45) is 5.41 Å². The molecule has 0 amide bonds. The van der Waals surface area contributed by atoms with Gasteiger partial charge in [0.15, 0.2) is 5.82 Å². The summed E-state index contributed by atoms with van der Waals surface area (Å²) in [5, 5.41) is 9.35. The topological polar surface area (TPSA) is 75.5 Å². The molecule has 0 saturated carbocycles. The highest BCUT2D eigenvalue weighted by Gasteiger charge is 2.38. The molecule has 6 nitrogen and oxygen atoms in total. The van der Waals surface area contributed by atoms with Crippen LogP contribution in [0.3, 0.4) is 0 Å². The molecule has 1 N–H and O–H groups in total. The number of nitrogens with zero attached hydrogens (tertiary/aromatic N) is 3. The number of hydrogen-bond donors (Lipinski definition) is 1. The summed E-state index contributed by atoms with van der Waals surface area (Å²) in [6, 6.07) is 0. The molecule has 0 radical (unpaired) electrons. The Morgan fingerprint density at radius 3 is 3.05 bits per heavy atom. The van der Waals surface area contributed by atoms with Gasteiger partial charge in [-0.2, -0.15) is 4.98 Å². The maximum Gasteiger partial charge on any atom is 0.311 e. The van der Waals surface area contributed by atoms with Gasteiger partial charge in [0.05, 0.1) is 24.4 Å². The summed E-state index contributed by atoms with van der Waals surface area (Å²) >= 11 is 0. The first-order valence-corrected chi connectivity index (χ1v) is 6.98. The van der Waals surface area contributed by atoms with Crippen LogP contribution in [0.1, 0.15) is 33.1 Å². The molecule has 0 bridgehead atoms. The van der Waals surface area contributed by atoms with Gasteiger partial charge in [-0.3, -0.25) is 9.78 Å². The minimum absolute atomic E-state index is 0.453. The summed E-state index contributed by atoms with van der Waals surface area (Å²) in [6.45, 7) is 5.67. The van der Waals surface area contributed by atoms with Crippen molar-refractivity contribution in [1.29, 1.82) is 0 Å². The SMILES string of the molecule is CCCOc1cncc(N2CCCC(C)(C(=O)O)C2)n1. The summed E-state index contributed by atoms with van der Waals surface area (Å²) in [7, 11) is 0. The lowest BCUT2D eigenvalue weighted by molar-refractivity contribution is -0.148. The van der Waals surface area contributed by atoms with Gasteiger partial charge in [-0.05, 0) is 26.2 Å². The van der Waals surface area contributed by atoms with E-state index >= 15 is 0 Å². The first-order valence-electron chi connectivity index (χ1n) is 6.98. The van der Waals surface area contributed by atoms with Gasteiger partial charge in [0.2, 0.25) is 5.88 Å². The standard InChI is InChI=1S/C14H21N3O3/c1-3-7-20-12-9-15-8-11(16-12)17-6-4-5-14(2,10-17)13(18)19/h8-9H,3-7,10H2,1-2H3,(H,18,19). The highest BCUT2D eigenvalue weighted by atomic mass is 16.5. The number of carboxylic acids is 1. The van der Waals surface area contributed by atoms with Gasteiger partial charge in [0, 0.05) is 13.1 Å². The van der Waals surface area contributed by atoms with E-state index < -0.39 is 11.4 Å². The van der Waals surface area contributed by atoms with Crippen LogP contribution < -0.4 is 9.64 Å². The van der Waals surface area contributed by atoms with Gasteiger partial charge >= 0.3 is 5.97 Å². The molecule has 2 rings (SSSR count). The monoisotopic (exact) mass is 279 g/mol. The van der Waals surface area contributed by atoms with Crippen molar-refractivity contribution in [1.82, 2.24) is 9.97 Å². The molecule has 0 aliphatic carbocycles. The predicted molar refractivity (Wildman–Crippen MR) is 75.0 cm³/mol. The first kappa shape index (κ1) is 14.6. The van der Waals surface area contributed by atoms with Crippen molar-refractivity contribution in [3.8, 4) is 5.88 Å². The van der Waals surface area contributed by atoms with E-state index in [2.05, 4.69) is 9.97 Å². The average molecular weight is 279 g/mol. The van der Waals surface area contributed by atoms with Gasteiger partial charge in [0.1, 0.15) is 0 Å². The molecule has 1 saturated heterocycles.